The molecule has 2 saturated heterocycles. The molecule has 198 valence electrons. The van der Waals surface area contributed by atoms with E-state index >= 15 is 0 Å². The number of likely N-dealkylation sites (tertiary alicyclic amines) is 1. The summed E-state index contributed by atoms with van der Waals surface area (Å²) in [7, 11) is 0. The van der Waals surface area contributed by atoms with E-state index in [1.807, 2.05) is 13.8 Å². The zero-order valence-electron chi connectivity index (χ0n) is 21.8. The number of carbonyl (C=O) groups is 1. The van der Waals surface area contributed by atoms with Crippen LogP contribution in [0, 0.1) is 5.82 Å². The normalized spacial score (nSPS) is 21.6. The molecule has 5 rings (SSSR count). The van der Waals surface area contributed by atoms with Gasteiger partial charge in [-0.2, -0.15) is 0 Å². The summed E-state index contributed by atoms with van der Waals surface area (Å²) < 4.78 is 32.1. The molecule has 2 aliphatic heterocycles. The third kappa shape index (κ3) is 5.49. The quantitative estimate of drug-likeness (QED) is 0.384. The van der Waals surface area contributed by atoms with Gasteiger partial charge in [-0.1, -0.05) is 23.7 Å². The second-order valence-electron chi connectivity index (χ2n) is 10.5. The SMILES string of the molecule is CC1CN(C(=O)c2oc3cc(OC4CCN(C(C)C)CC4)c(Cl)cc3c2-c2ccc(F)cc2)CC(C)O1. The fourth-order valence-corrected chi connectivity index (χ4v) is 5.63. The lowest BCUT2D eigenvalue weighted by atomic mass is 10.0. The number of furan rings is 1. The summed E-state index contributed by atoms with van der Waals surface area (Å²) in [6, 6.07) is 10.2. The molecule has 3 aromatic rings. The Labute approximate surface area is 222 Å². The second-order valence-corrected chi connectivity index (χ2v) is 10.9. The first-order valence-corrected chi connectivity index (χ1v) is 13.4. The van der Waals surface area contributed by atoms with E-state index in [1.54, 1.807) is 29.2 Å². The van der Waals surface area contributed by atoms with Gasteiger partial charge in [-0.3, -0.25) is 4.79 Å². The molecule has 0 N–H and O–H groups in total. The van der Waals surface area contributed by atoms with Gasteiger partial charge in [0.2, 0.25) is 5.76 Å². The number of fused-ring (bicyclic) bond motifs is 1. The molecule has 8 heteroatoms. The fraction of sp³-hybridized carbons (Fsp3) is 0.483. The number of halogens is 2. The number of rotatable bonds is 5. The fourth-order valence-electron chi connectivity index (χ4n) is 5.42. The van der Waals surface area contributed by atoms with Crippen LogP contribution < -0.4 is 4.74 Å². The Balaban J connectivity index is 1.51. The minimum absolute atomic E-state index is 0.0638. The third-order valence-electron chi connectivity index (χ3n) is 7.28. The van der Waals surface area contributed by atoms with Crippen molar-refractivity contribution in [2.24, 2.45) is 0 Å². The lowest BCUT2D eigenvalue weighted by molar-refractivity contribution is -0.0591. The number of hydrogen-bond donors (Lipinski definition) is 0. The molecule has 0 saturated carbocycles. The van der Waals surface area contributed by atoms with Crippen molar-refractivity contribution in [2.75, 3.05) is 26.2 Å². The van der Waals surface area contributed by atoms with Crippen LogP contribution in [0.5, 0.6) is 5.75 Å². The van der Waals surface area contributed by atoms with Gasteiger partial charge in [0.15, 0.2) is 0 Å². The summed E-state index contributed by atoms with van der Waals surface area (Å²) in [6.45, 7) is 11.2. The van der Waals surface area contributed by atoms with Crippen LogP contribution in [0.1, 0.15) is 51.1 Å². The van der Waals surface area contributed by atoms with Gasteiger partial charge in [0.1, 0.15) is 23.3 Å². The molecule has 0 radical (unpaired) electrons. The smallest absolute Gasteiger partial charge is 0.290 e. The number of ether oxygens (including phenoxy) is 2. The van der Waals surface area contributed by atoms with Crippen molar-refractivity contribution in [3.63, 3.8) is 0 Å². The van der Waals surface area contributed by atoms with E-state index in [4.69, 9.17) is 25.5 Å². The number of morpholine rings is 1. The van der Waals surface area contributed by atoms with Gasteiger partial charge < -0.3 is 23.7 Å². The van der Waals surface area contributed by atoms with Gasteiger partial charge in [-0.25, -0.2) is 4.39 Å². The maximum Gasteiger partial charge on any atom is 0.290 e. The lowest BCUT2D eigenvalue weighted by Crippen LogP contribution is -2.48. The van der Waals surface area contributed by atoms with Crippen molar-refractivity contribution in [3.05, 3.63) is 53.0 Å². The average Bonchev–Trinajstić information content (AvgIpc) is 3.22. The van der Waals surface area contributed by atoms with Crippen LogP contribution in [0.4, 0.5) is 4.39 Å². The monoisotopic (exact) mass is 528 g/mol. The lowest BCUT2D eigenvalue weighted by Gasteiger charge is -2.35. The number of amides is 1. The molecule has 2 fully saturated rings. The minimum Gasteiger partial charge on any atom is -0.489 e. The molecule has 3 heterocycles. The van der Waals surface area contributed by atoms with E-state index in [1.165, 1.54) is 12.1 Å². The van der Waals surface area contributed by atoms with E-state index < -0.39 is 0 Å². The molecule has 6 nitrogen and oxygen atoms in total. The average molecular weight is 529 g/mol. The van der Waals surface area contributed by atoms with Gasteiger partial charge in [0, 0.05) is 49.2 Å². The van der Waals surface area contributed by atoms with Crippen LogP contribution in [0.25, 0.3) is 22.1 Å². The van der Waals surface area contributed by atoms with Gasteiger partial charge in [0.05, 0.1) is 17.2 Å². The summed E-state index contributed by atoms with van der Waals surface area (Å²) in [6.07, 6.45) is 1.74. The first kappa shape index (κ1) is 26.0. The highest BCUT2D eigenvalue weighted by molar-refractivity contribution is 6.33. The largest absolute Gasteiger partial charge is 0.489 e. The topological polar surface area (TPSA) is 55.2 Å². The Morgan fingerprint density at radius 2 is 1.73 bits per heavy atom. The molecule has 2 aliphatic rings. The molecule has 37 heavy (non-hydrogen) atoms. The Morgan fingerprint density at radius 1 is 1.08 bits per heavy atom. The summed E-state index contributed by atoms with van der Waals surface area (Å²) in [5, 5.41) is 1.15. The maximum absolute atomic E-state index is 13.7. The van der Waals surface area contributed by atoms with Crippen molar-refractivity contribution in [1.29, 1.82) is 0 Å². The van der Waals surface area contributed by atoms with E-state index in [9.17, 15) is 9.18 Å². The third-order valence-corrected chi connectivity index (χ3v) is 7.57. The van der Waals surface area contributed by atoms with Gasteiger partial charge >= 0.3 is 0 Å². The standard InChI is InChI=1S/C29H34ClFN2O4/c1-17(2)32-11-9-22(10-12-32)36-26-14-25-23(13-24(26)30)27(20-5-7-21(31)8-6-20)28(37-25)29(34)33-15-18(3)35-19(4)16-33/h5-8,13-14,17-19,22H,9-12,15-16H2,1-4H3. The van der Waals surface area contributed by atoms with Crippen LogP contribution in [-0.2, 0) is 4.74 Å². The van der Waals surface area contributed by atoms with E-state index in [0.29, 0.717) is 52.0 Å². The van der Waals surface area contributed by atoms with Crippen LogP contribution in [0.2, 0.25) is 5.02 Å². The highest BCUT2D eigenvalue weighted by Crippen LogP contribution is 2.41. The molecule has 1 aromatic heterocycles. The second kappa shape index (κ2) is 10.6. The van der Waals surface area contributed by atoms with E-state index in [-0.39, 0.29) is 35.8 Å². The molecule has 2 unspecified atom stereocenters. The van der Waals surface area contributed by atoms with Gasteiger partial charge in [-0.15, -0.1) is 0 Å². The van der Waals surface area contributed by atoms with Crippen LogP contribution in [-0.4, -0.2) is 66.2 Å². The van der Waals surface area contributed by atoms with Crippen molar-refractivity contribution < 1.29 is 23.1 Å². The number of piperidine rings is 1. The highest BCUT2D eigenvalue weighted by Gasteiger charge is 2.32. The van der Waals surface area contributed by atoms with Crippen LogP contribution >= 0.6 is 11.6 Å². The Morgan fingerprint density at radius 3 is 2.35 bits per heavy atom. The van der Waals surface area contributed by atoms with Crippen molar-refractivity contribution in [3.8, 4) is 16.9 Å². The molecule has 0 bridgehead atoms. The first-order valence-electron chi connectivity index (χ1n) is 13.1. The molecule has 2 atom stereocenters. The summed E-state index contributed by atoms with van der Waals surface area (Å²) in [5.41, 5.74) is 1.80. The van der Waals surface area contributed by atoms with Gasteiger partial charge in [0.25, 0.3) is 5.91 Å². The van der Waals surface area contributed by atoms with Crippen molar-refractivity contribution >= 4 is 28.5 Å². The zero-order chi connectivity index (χ0) is 26.3. The van der Waals surface area contributed by atoms with Crippen LogP contribution in [0.3, 0.4) is 0 Å². The summed E-state index contributed by atoms with van der Waals surface area (Å²) in [5.74, 6) is 0.181. The Bertz CT molecular complexity index is 1260. The Hall–Kier alpha value is -2.61. The summed E-state index contributed by atoms with van der Waals surface area (Å²) in [4.78, 5) is 17.9. The zero-order valence-corrected chi connectivity index (χ0v) is 22.6. The van der Waals surface area contributed by atoms with E-state index in [0.717, 1.165) is 25.9 Å². The van der Waals surface area contributed by atoms with Crippen molar-refractivity contribution in [1.82, 2.24) is 9.80 Å². The number of hydrogen-bond acceptors (Lipinski definition) is 5. The molecule has 1 amide bonds. The van der Waals surface area contributed by atoms with Gasteiger partial charge in [-0.05, 0) is 64.3 Å². The molecule has 2 aromatic carbocycles. The van der Waals surface area contributed by atoms with Crippen LogP contribution in [0.15, 0.2) is 40.8 Å². The minimum atomic E-state index is -0.350. The predicted molar refractivity (Wildman–Crippen MR) is 143 cm³/mol. The molecular formula is C29H34ClFN2O4. The number of benzene rings is 2. The molecule has 0 spiro atoms. The molecular weight excluding hydrogens is 495 g/mol. The number of nitrogens with zero attached hydrogens (tertiary/aromatic N) is 2. The Kier molecular flexibility index (Phi) is 7.48. The summed E-state index contributed by atoms with van der Waals surface area (Å²) >= 11 is 6.71. The first-order chi connectivity index (χ1) is 17.7. The van der Waals surface area contributed by atoms with E-state index in [2.05, 4.69) is 18.7 Å². The highest BCUT2D eigenvalue weighted by atomic mass is 35.5. The molecule has 0 aliphatic carbocycles. The maximum atomic E-state index is 13.7. The predicted octanol–water partition coefficient (Wildman–Crippen LogP) is 6.39. The van der Waals surface area contributed by atoms with Crippen molar-refractivity contribution in [2.45, 2.75) is 64.9 Å². The number of carbonyl (C=O) groups excluding carboxylic acids is 1.